The van der Waals surface area contributed by atoms with Gasteiger partial charge in [0.2, 0.25) is 11.8 Å². The van der Waals surface area contributed by atoms with Gasteiger partial charge < -0.3 is 14.5 Å². The fraction of sp³-hybridized carbons (Fsp3) is 0.889. The Kier molecular flexibility index (Phi) is 5.57. The Morgan fingerprint density at radius 1 is 0.957 bits per heavy atom. The first-order chi connectivity index (χ1) is 11.1. The zero-order chi connectivity index (χ0) is 16.2. The monoisotopic (exact) mass is 322 g/mol. The number of rotatable bonds is 3. The molecule has 3 rings (SSSR count). The van der Waals surface area contributed by atoms with E-state index in [1.54, 1.807) is 0 Å². The van der Waals surface area contributed by atoms with Crippen LogP contribution >= 0.6 is 0 Å². The van der Waals surface area contributed by atoms with Crippen molar-refractivity contribution in [1.82, 2.24) is 9.80 Å². The summed E-state index contributed by atoms with van der Waals surface area (Å²) < 4.78 is 5.53. The number of ether oxygens (including phenoxy) is 1. The molecule has 0 bridgehead atoms. The van der Waals surface area contributed by atoms with Crippen LogP contribution in [0.3, 0.4) is 0 Å². The van der Waals surface area contributed by atoms with Gasteiger partial charge in [0, 0.05) is 39.2 Å². The summed E-state index contributed by atoms with van der Waals surface area (Å²) in [7, 11) is 0. The van der Waals surface area contributed by atoms with E-state index in [-0.39, 0.29) is 17.9 Å². The van der Waals surface area contributed by atoms with Crippen LogP contribution < -0.4 is 0 Å². The molecule has 1 saturated carbocycles. The van der Waals surface area contributed by atoms with E-state index >= 15 is 0 Å². The molecule has 5 nitrogen and oxygen atoms in total. The van der Waals surface area contributed by atoms with E-state index in [0.29, 0.717) is 37.9 Å². The van der Waals surface area contributed by atoms with E-state index in [1.807, 2.05) is 16.7 Å². The lowest BCUT2D eigenvalue weighted by Crippen LogP contribution is -2.41. The summed E-state index contributed by atoms with van der Waals surface area (Å²) >= 11 is 0. The second kappa shape index (κ2) is 7.65. The van der Waals surface area contributed by atoms with Crippen molar-refractivity contribution in [1.29, 1.82) is 0 Å². The molecule has 0 radical (unpaired) electrons. The van der Waals surface area contributed by atoms with Crippen LogP contribution in [0.25, 0.3) is 0 Å². The van der Waals surface area contributed by atoms with Gasteiger partial charge in [-0.25, -0.2) is 0 Å². The molecule has 0 spiro atoms. The second-order valence-corrected chi connectivity index (χ2v) is 7.39. The molecule has 0 N–H and O–H groups in total. The van der Waals surface area contributed by atoms with Crippen molar-refractivity contribution in [2.75, 3.05) is 32.8 Å². The van der Waals surface area contributed by atoms with Gasteiger partial charge in [0.1, 0.15) is 0 Å². The van der Waals surface area contributed by atoms with Gasteiger partial charge in [-0.3, -0.25) is 9.59 Å². The van der Waals surface area contributed by atoms with Crippen LogP contribution in [-0.4, -0.2) is 60.5 Å². The first-order valence-electron chi connectivity index (χ1n) is 9.33. The van der Waals surface area contributed by atoms with Crippen molar-refractivity contribution >= 4 is 11.8 Å². The Bertz CT molecular complexity index is 434. The van der Waals surface area contributed by atoms with Gasteiger partial charge in [0.15, 0.2) is 0 Å². The molecule has 3 fully saturated rings. The number of hydrogen-bond donors (Lipinski definition) is 0. The molecule has 5 heteroatoms. The van der Waals surface area contributed by atoms with Gasteiger partial charge in [0.05, 0.1) is 12.0 Å². The van der Waals surface area contributed by atoms with Gasteiger partial charge in [-0.05, 0) is 38.5 Å². The van der Waals surface area contributed by atoms with Crippen molar-refractivity contribution < 1.29 is 14.3 Å². The van der Waals surface area contributed by atoms with Crippen LogP contribution in [0, 0.1) is 11.8 Å². The van der Waals surface area contributed by atoms with Crippen LogP contribution in [0.1, 0.15) is 51.9 Å². The van der Waals surface area contributed by atoms with E-state index in [2.05, 4.69) is 0 Å². The SMILES string of the molecule is CC1OCCC1C(=O)N1CCCN(C(=O)CC2CCCC2)CC1. The summed E-state index contributed by atoms with van der Waals surface area (Å²) in [5.41, 5.74) is 0. The quantitative estimate of drug-likeness (QED) is 0.799. The maximum absolute atomic E-state index is 12.7. The predicted octanol–water partition coefficient (Wildman–Crippen LogP) is 2.05. The zero-order valence-corrected chi connectivity index (χ0v) is 14.3. The first-order valence-corrected chi connectivity index (χ1v) is 9.33. The average Bonchev–Trinajstić information content (AvgIpc) is 3.12. The third-order valence-corrected chi connectivity index (χ3v) is 5.79. The minimum absolute atomic E-state index is 0.00994. The number of carbonyl (C=O) groups excluding carboxylic acids is 2. The molecule has 2 aliphatic heterocycles. The van der Waals surface area contributed by atoms with Crippen molar-refractivity contribution in [3.05, 3.63) is 0 Å². The van der Waals surface area contributed by atoms with Crippen molar-refractivity contribution in [2.24, 2.45) is 11.8 Å². The van der Waals surface area contributed by atoms with Gasteiger partial charge in [-0.1, -0.05) is 12.8 Å². The molecule has 2 unspecified atom stereocenters. The van der Waals surface area contributed by atoms with Crippen molar-refractivity contribution in [3.63, 3.8) is 0 Å². The highest BCUT2D eigenvalue weighted by atomic mass is 16.5. The molecule has 0 aromatic carbocycles. The molecule has 130 valence electrons. The zero-order valence-electron chi connectivity index (χ0n) is 14.3. The highest BCUT2D eigenvalue weighted by Crippen LogP contribution is 2.28. The Hall–Kier alpha value is -1.10. The van der Waals surface area contributed by atoms with E-state index in [4.69, 9.17) is 4.74 Å². The second-order valence-electron chi connectivity index (χ2n) is 7.39. The maximum Gasteiger partial charge on any atom is 0.228 e. The Balaban J connectivity index is 1.50. The van der Waals surface area contributed by atoms with Crippen LogP contribution in [0.5, 0.6) is 0 Å². The third kappa shape index (κ3) is 4.06. The van der Waals surface area contributed by atoms with Crippen LogP contribution in [0.2, 0.25) is 0 Å². The van der Waals surface area contributed by atoms with Gasteiger partial charge in [-0.15, -0.1) is 0 Å². The summed E-state index contributed by atoms with van der Waals surface area (Å²) in [6, 6.07) is 0. The smallest absolute Gasteiger partial charge is 0.228 e. The Labute approximate surface area is 139 Å². The molecule has 0 aromatic rings. The highest BCUT2D eigenvalue weighted by molar-refractivity contribution is 5.80. The largest absolute Gasteiger partial charge is 0.378 e. The summed E-state index contributed by atoms with van der Waals surface area (Å²) in [5, 5.41) is 0. The minimum atomic E-state index is 0.00994. The number of amides is 2. The predicted molar refractivity (Wildman–Crippen MR) is 87.9 cm³/mol. The minimum Gasteiger partial charge on any atom is -0.378 e. The van der Waals surface area contributed by atoms with Gasteiger partial charge >= 0.3 is 0 Å². The van der Waals surface area contributed by atoms with E-state index < -0.39 is 0 Å². The summed E-state index contributed by atoms with van der Waals surface area (Å²) in [4.78, 5) is 29.1. The standard InChI is InChI=1S/C18H30N2O3/c1-14-16(7-12-23-14)18(22)20-9-4-8-19(10-11-20)17(21)13-15-5-2-3-6-15/h14-16H,2-13H2,1H3. The number of carbonyl (C=O) groups is 2. The topological polar surface area (TPSA) is 49.9 Å². The van der Waals surface area contributed by atoms with E-state index in [0.717, 1.165) is 25.9 Å². The van der Waals surface area contributed by atoms with E-state index in [1.165, 1.54) is 25.7 Å². The van der Waals surface area contributed by atoms with Crippen LogP contribution in [-0.2, 0) is 14.3 Å². The van der Waals surface area contributed by atoms with Gasteiger partial charge in [-0.2, -0.15) is 0 Å². The summed E-state index contributed by atoms with van der Waals surface area (Å²) in [5.74, 6) is 1.12. The van der Waals surface area contributed by atoms with Crippen molar-refractivity contribution in [2.45, 2.75) is 58.0 Å². The molecular weight excluding hydrogens is 292 g/mol. The summed E-state index contributed by atoms with van der Waals surface area (Å²) in [6.45, 7) is 5.63. The molecule has 0 aromatic heterocycles. The normalized spacial score (nSPS) is 29.8. The van der Waals surface area contributed by atoms with E-state index in [9.17, 15) is 9.59 Å². The lowest BCUT2D eigenvalue weighted by molar-refractivity contribution is -0.137. The fourth-order valence-corrected chi connectivity index (χ4v) is 4.27. The maximum atomic E-state index is 12.7. The Morgan fingerprint density at radius 2 is 1.65 bits per heavy atom. The molecule has 2 saturated heterocycles. The number of nitrogens with zero attached hydrogens (tertiary/aromatic N) is 2. The first kappa shape index (κ1) is 16.7. The Morgan fingerprint density at radius 3 is 2.35 bits per heavy atom. The molecule has 23 heavy (non-hydrogen) atoms. The average molecular weight is 322 g/mol. The summed E-state index contributed by atoms with van der Waals surface area (Å²) in [6.07, 6.45) is 7.45. The highest BCUT2D eigenvalue weighted by Gasteiger charge is 2.34. The lowest BCUT2D eigenvalue weighted by atomic mass is 10.0. The number of hydrogen-bond acceptors (Lipinski definition) is 3. The lowest BCUT2D eigenvalue weighted by Gasteiger charge is -2.26. The molecule has 2 heterocycles. The van der Waals surface area contributed by atoms with Crippen LogP contribution in [0.4, 0.5) is 0 Å². The molecule has 2 atom stereocenters. The fourth-order valence-electron chi connectivity index (χ4n) is 4.27. The molecule has 3 aliphatic rings. The third-order valence-electron chi connectivity index (χ3n) is 5.79. The molecular formula is C18H30N2O3. The van der Waals surface area contributed by atoms with Crippen molar-refractivity contribution in [3.8, 4) is 0 Å². The van der Waals surface area contributed by atoms with Gasteiger partial charge in [0.25, 0.3) is 0 Å². The molecule has 1 aliphatic carbocycles. The van der Waals surface area contributed by atoms with Crippen LogP contribution in [0.15, 0.2) is 0 Å². The molecule has 2 amide bonds.